The van der Waals surface area contributed by atoms with Crippen molar-refractivity contribution in [2.45, 2.75) is 32.5 Å². The first-order valence-electron chi connectivity index (χ1n) is 8.30. The number of hydrogen-bond acceptors (Lipinski definition) is 4. The summed E-state index contributed by atoms with van der Waals surface area (Å²) in [5.74, 6) is 0. The van der Waals surface area contributed by atoms with Crippen LogP contribution in [0.25, 0.3) is 0 Å². The van der Waals surface area contributed by atoms with Gasteiger partial charge in [0.1, 0.15) is 12.7 Å². The SMILES string of the molecule is CC[C@H]1CN(C(=O)NCc2ccccc2Cn2cncn2)CCO1. The van der Waals surface area contributed by atoms with E-state index in [1.165, 1.54) is 6.33 Å². The van der Waals surface area contributed by atoms with E-state index in [1.54, 1.807) is 11.0 Å². The summed E-state index contributed by atoms with van der Waals surface area (Å²) >= 11 is 0. The van der Waals surface area contributed by atoms with Gasteiger partial charge in [-0.25, -0.2) is 14.5 Å². The van der Waals surface area contributed by atoms with Gasteiger partial charge in [0, 0.05) is 19.6 Å². The standard InChI is InChI=1S/C17H23N5O2/c1-2-16-11-21(7-8-24-16)17(23)19-9-14-5-3-4-6-15(14)10-22-13-18-12-20-22/h3-6,12-13,16H,2,7-11H2,1H3,(H,19,23)/t16-/m0/s1. The van der Waals surface area contributed by atoms with Crippen molar-refractivity contribution in [3.63, 3.8) is 0 Å². The van der Waals surface area contributed by atoms with Crippen molar-refractivity contribution in [3.8, 4) is 0 Å². The van der Waals surface area contributed by atoms with E-state index in [1.807, 2.05) is 29.2 Å². The molecular formula is C17H23N5O2. The van der Waals surface area contributed by atoms with E-state index in [0.29, 0.717) is 32.8 Å². The van der Waals surface area contributed by atoms with Crippen molar-refractivity contribution in [1.29, 1.82) is 0 Å². The Bertz CT molecular complexity index is 659. The maximum absolute atomic E-state index is 12.4. The molecule has 3 rings (SSSR count). The van der Waals surface area contributed by atoms with Crippen molar-refractivity contribution in [2.24, 2.45) is 0 Å². The largest absolute Gasteiger partial charge is 0.375 e. The van der Waals surface area contributed by atoms with Gasteiger partial charge in [0.2, 0.25) is 0 Å². The molecule has 0 bridgehead atoms. The Balaban J connectivity index is 1.59. The van der Waals surface area contributed by atoms with E-state index in [4.69, 9.17) is 4.74 Å². The molecule has 7 nitrogen and oxygen atoms in total. The second-order valence-electron chi connectivity index (χ2n) is 5.87. The molecule has 0 saturated carbocycles. The third-order valence-corrected chi connectivity index (χ3v) is 4.23. The third kappa shape index (κ3) is 4.11. The van der Waals surface area contributed by atoms with Crippen molar-refractivity contribution in [1.82, 2.24) is 25.0 Å². The molecule has 1 aliphatic heterocycles. The Morgan fingerprint density at radius 1 is 1.38 bits per heavy atom. The number of nitrogens with zero attached hydrogens (tertiary/aromatic N) is 4. The molecule has 1 aliphatic rings. The molecule has 128 valence electrons. The van der Waals surface area contributed by atoms with Crippen molar-refractivity contribution in [2.75, 3.05) is 19.7 Å². The highest BCUT2D eigenvalue weighted by atomic mass is 16.5. The summed E-state index contributed by atoms with van der Waals surface area (Å²) in [6.45, 7) is 5.12. The van der Waals surface area contributed by atoms with Gasteiger partial charge in [-0.15, -0.1) is 0 Å². The lowest BCUT2D eigenvalue weighted by Gasteiger charge is -2.32. The zero-order chi connectivity index (χ0) is 16.8. The first kappa shape index (κ1) is 16.4. The average Bonchev–Trinajstić information content (AvgIpc) is 3.14. The van der Waals surface area contributed by atoms with Gasteiger partial charge in [-0.3, -0.25) is 0 Å². The fraction of sp³-hybridized carbons (Fsp3) is 0.471. The number of aromatic nitrogens is 3. The van der Waals surface area contributed by atoms with Gasteiger partial charge >= 0.3 is 6.03 Å². The fourth-order valence-corrected chi connectivity index (χ4v) is 2.81. The predicted octanol–water partition coefficient (Wildman–Crippen LogP) is 1.65. The molecule has 24 heavy (non-hydrogen) atoms. The Morgan fingerprint density at radius 3 is 2.96 bits per heavy atom. The van der Waals surface area contributed by atoms with Crippen LogP contribution in [0.2, 0.25) is 0 Å². The van der Waals surface area contributed by atoms with Crippen LogP contribution in [0, 0.1) is 0 Å². The van der Waals surface area contributed by atoms with Crippen LogP contribution < -0.4 is 5.32 Å². The van der Waals surface area contributed by atoms with Crippen molar-refractivity contribution < 1.29 is 9.53 Å². The highest BCUT2D eigenvalue weighted by Crippen LogP contribution is 2.11. The van der Waals surface area contributed by atoms with E-state index >= 15 is 0 Å². The summed E-state index contributed by atoms with van der Waals surface area (Å²) in [7, 11) is 0. The molecule has 1 fully saturated rings. The Hall–Kier alpha value is -2.41. The summed E-state index contributed by atoms with van der Waals surface area (Å²) in [5, 5.41) is 7.15. The average molecular weight is 329 g/mol. The molecule has 7 heteroatoms. The smallest absolute Gasteiger partial charge is 0.317 e. The lowest BCUT2D eigenvalue weighted by molar-refractivity contribution is -0.0154. The van der Waals surface area contributed by atoms with E-state index in [0.717, 1.165) is 17.5 Å². The molecular weight excluding hydrogens is 306 g/mol. The normalized spacial score (nSPS) is 17.7. The number of urea groups is 1. The lowest BCUT2D eigenvalue weighted by Crippen LogP contribution is -2.49. The molecule has 1 saturated heterocycles. The van der Waals surface area contributed by atoms with Gasteiger partial charge < -0.3 is 15.0 Å². The van der Waals surface area contributed by atoms with Gasteiger partial charge in [-0.05, 0) is 17.5 Å². The molecule has 0 unspecified atom stereocenters. The molecule has 1 aromatic carbocycles. The number of hydrogen-bond donors (Lipinski definition) is 1. The lowest BCUT2D eigenvalue weighted by atomic mass is 10.1. The van der Waals surface area contributed by atoms with Gasteiger partial charge in [0.25, 0.3) is 0 Å². The molecule has 0 radical (unpaired) electrons. The quantitative estimate of drug-likeness (QED) is 0.905. The Labute approximate surface area is 141 Å². The van der Waals surface area contributed by atoms with Gasteiger partial charge in [-0.2, -0.15) is 5.10 Å². The van der Waals surface area contributed by atoms with E-state index < -0.39 is 0 Å². The number of carbonyl (C=O) groups is 1. The third-order valence-electron chi connectivity index (χ3n) is 4.23. The summed E-state index contributed by atoms with van der Waals surface area (Å²) < 4.78 is 7.38. The summed E-state index contributed by atoms with van der Waals surface area (Å²) in [6.07, 6.45) is 4.27. The van der Waals surface area contributed by atoms with E-state index in [9.17, 15) is 4.79 Å². The summed E-state index contributed by atoms with van der Waals surface area (Å²) in [6, 6.07) is 8.01. The second-order valence-corrected chi connectivity index (χ2v) is 5.87. The zero-order valence-electron chi connectivity index (χ0n) is 13.9. The highest BCUT2D eigenvalue weighted by molar-refractivity contribution is 5.74. The second kappa shape index (κ2) is 7.92. The molecule has 2 amide bonds. The van der Waals surface area contributed by atoms with Crippen LogP contribution in [0.4, 0.5) is 4.79 Å². The number of rotatable bonds is 5. The van der Waals surface area contributed by atoms with Crippen molar-refractivity contribution >= 4 is 6.03 Å². The maximum Gasteiger partial charge on any atom is 0.317 e. The van der Waals surface area contributed by atoms with Crippen LogP contribution in [-0.2, 0) is 17.8 Å². The van der Waals surface area contributed by atoms with Crippen LogP contribution >= 0.6 is 0 Å². The first-order valence-corrected chi connectivity index (χ1v) is 8.30. The number of nitrogens with one attached hydrogen (secondary N) is 1. The number of morpholine rings is 1. The van der Waals surface area contributed by atoms with Crippen LogP contribution in [0.5, 0.6) is 0 Å². The van der Waals surface area contributed by atoms with E-state index in [2.05, 4.69) is 22.3 Å². The highest BCUT2D eigenvalue weighted by Gasteiger charge is 2.22. The predicted molar refractivity (Wildman–Crippen MR) is 89.4 cm³/mol. The molecule has 0 aliphatic carbocycles. The molecule has 2 heterocycles. The monoisotopic (exact) mass is 329 g/mol. The first-order chi connectivity index (χ1) is 11.8. The minimum atomic E-state index is -0.0349. The molecule has 2 aromatic rings. The van der Waals surface area contributed by atoms with Crippen LogP contribution in [0.1, 0.15) is 24.5 Å². The van der Waals surface area contributed by atoms with Gasteiger partial charge in [-0.1, -0.05) is 31.2 Å². The van der Waals surface area contributed by atoms with Crippen LogP contribution in [0.3, 0.4) is 0 Å². The number of ether oxygens (including phenoxy) is 1. The summed E-state index contributed by atoms with van der Waals surface area (Å²) in [5.41, 5.74) is 2.21. The zero-order valence-corrected chi connectivity index (χ0v) is 13.9. The fourth-order valence-electron chi connectivity index (χ4n) is 2.81. The van der Waals surface area contributed by atoms with E-state index in [-0.39, 0.29) is 12.1 Å². The molecule has 0 spiro atoms. The summed E-state index contributed by atoms with van der Waals surface area (Å²) in [4.78, 5) is 18.2. The van der Waals surface area contributed by atoms with Gasteiger partial charge in [0.15, 0.2) is 0 Å². The number of amides is 2. The minimum Gasteiger partial charge on any atom is -0.375 e. The number of carbonyl (C=O) groups excluding carboxylic acids is 1. The van der Waals surface area contributed by atoms with Gasteiger partial charge in [0.05, 0.1) is 19.3 Å². The minimum absolute atomic E-state index is 0.0349. The maximum atomic E-state index is 12.4. The number of benzene rings is 1. The van der Waals surface area contributed by atoms with Crippen molar-refractivity contribution in [3.05, 3.63) is 48.0 Å². The van der Waals surface area contributed by atoms with Crippen LogP contribution in [-0.4, -0.2) is 51.5 Å². The topological polar surface area (TPSA) is 72.3 Å². The molecule has 1 N–H and O–H groups in total. The Morgan fingerprint density at radius 2 is 2.21 bits per heavy atom. The van der Waals surface area contributed by atoms with Crippen LogP contribution in [0.15, 0.2) is 36.9 Å². The molecule has 1 atom stereocenters. The molecule has 1 aromatic heterocycles. The Kier molecular flexibility index (Phi) is 5.43.